The lowest BCUT2D eigenvalue weighted by Crippen LogP contribution is -2.01. The molecule has 0 spiro atoms. The molecule has 234 valence electrons. The third kappa shape index (κ3) is 4.67. The molecule has 10 rings (SSSR count). The molecule has 3 aromatic heterocycles. The minimum Gasteiger partial charge on any atom is -0.456 e. The Morgan fingerprint density at radius 2 is 1.06 bits per heavy atom. The fraction of sp³-hybridized carbons (Fsp3) is 0. The van der Waals surface area contributed by atoms with Gasteiger partial charge < -0.3 is 8.98 Å². The summed E-state index contributed by atoms with van der Waals surface area (Å²) in [6.07, 6.45) is 0. The first-order valence-corrected chi connectivity index (χ1v) is 15.8. The van der Waals surface area contributed by atoms with Crippen molar-refractivity contribution in [1.82, 2.24) is 19.5 Å². The number of aromatic nitrogens is 4. The van der Waals surface area contributed by atoms with E-state index in [0.29, 0.717) is 28.1 Å². The summed E-state index contributed by atoms with van der Waals surface area (Å²) in [6.45, 7) is 0. The van der Waals surface area contributed by atoms with Crippen LogP contribution in [0.3, 0.4) is 0 Å². The molecule has 0 aliphatic carbocycles. The number of benzene rings is 7. The first-order chi connectivity index (χ1) is 29.3. The predicted molar refractivity (Wildman–Crippen MR) is 203 cm³/mol. The molecule has 7 aromatic carbocycles. The highest BCUT2D eigenvalue weighted by atomic mass is 16.3. The van der Waals surface area contributed by atoms with Crippen LogP contribution < -0.4 is 0 Å². The minimum absolute atomic E-state index is 0.0321. The highest BCUT2D eigenvalue weighted by molar-refractivity contribution is 6.09. The normalized spacial score (nSPS) is 14.7. The zero-order chi connectivity index (χ0) is 42.6. The van der Waals surface area contributed by atoms with Crippen molar-refractivity contribution < 1.29 is 19.5 Å². The van der Waals surface area contributed by atoms with E-state index in [4.69, 9.17) is 34.4 Å². The summed E-state index contributed by atoms with van der Waals surface area (Å²) in [4.78, 5) is 14.8. The van der Waals surface area contributed by atoms with E-state index in [2.05, 4.69) is 0 Å². The van der Waals surface area contributed by atoms with Gasteiger partial charge in [-0.3, -0.25) is 0 Å². The van der Waals surface area contributed by atoms with Crippen molar-refractivity contribution in [3.63, 3.8) is 0 Å². The second-order valence-electron chi connectivity index (χ2n) is 11.6. The van der Waals surface area contributed by atoms with E-state index in [0.717, 1.165) is 16.4 Å². The van der Waals surface area contributed by atoms with Crippen LogP contribution in [0.4, 0.5) is 0 Å². The highest BCUT2D eigenvalue weighted by Crippen LogP contribution is 2.37. The maximum atomic E-state index is 9.08. The molecule has 3 heterocycles. The van der Waals surface area contributed by atoms with E-state index in [9.17, 15) is 0 Å². The molecule has 0 saturated carbocycles. The Kier molecular flexibility index (Phi) is 4.38. The molecule has 0 amide bonds. The Hall–Kier alpha value is -6.85. The van der Waals surface area contributed by atoms with Gasteiger partial charge in [0.2, 0.25) is 0 Å². The molecule has 5 heteroatoms. The van der Waals surface area contributed by atoms with Crippen LogP contribution in [0.15, 0.2) is 174 Å². The van der Waals surface area contributed by atoms with Crippen LogP contribution in [0.1, 0.15) is 15.1 Å². The molecule has 0 N–H and O–H groups in total. The molecule has 5 nitrogen and oxygen atoms in total. The molecular weight excluding hydrogens is 613 g/mol. The van der Waals surface area contributed by atoms with E-state index in [1.54, 1.807) is 18.2 Å². The smallest absolute Gasteiger partial charge is 0.164 e. The van der Waals surface area contributed by atoms with Crippen molar-refractivity contribution in [3.05, 3.63) is 170 Å². The first-order valence-electron chi connectivity index (χ1n) is 21.3. The summed E-state index contributed by atoms with van der Waals surface area (Å²) in [6, 6.07) is 25.6. The number of hydrogen-bond acceptors (Lipinski definition) is 4. The van der Waals surface area contributed by atoms with E-state index < -0.39 is 30.2 Å². The summed E-state index contributed by atoms with van der Waals surface area (Å²) in [5.41, 5.74) is 3.29. The molecular formula is C45H28N4O. The third-order valence-electron chi connectivity index (χ3n) is 8.65. The van der Waals surface area contributed by atoms with Gasteiger partial charge in [-0.2, -0.15) is 0 Å². The quantitative estimate of drug-likeness (QED) is 0.186. The number of nitrogens with zero attached hydrogens (tertiary/aromatic N) is 4. The van der Waals surface area contributed by atoms with Crippen molar-refractivity contribution in [2.24, 2.45) is 0 Å². The fourth-order valence-corrected chi connectivity index (χ4v) is 6.40. The molecule has 0 bridgehead atoms. The summed E-state index contributed by atoms with van der Waals surface area (Å²) < 4.78 is 104. The van der Waals surface area contributed by atoms with Crippen LogP contribution in [-0.2, 0) is 0 Å². The van der Waals surface area contributed by atoms with Crippen LogP contribution >= 0.6 is 0 Å². The zero-order valence-electron chi connectivity index (χ0n) is 37.0. The fourth-order valence-electron chi connectivity index (χ4n) is 6.40. The average molecular weight is 652 g/mol. The summed E-state index contributed by atoms with van der Waals surface area (Å²) in [7, 11) is 0. The van der Waals surface area contributed by atoms with Crippen molar-refractivity contribution in [3.8, 4) is 51.0 Å². The van der Waals surface area contributed by atoms with Gasteiger partial charge in [-0.1, -0.05) is 121 Å². The van der Waals surface area contributed by atoms with Crippen molar-refractivity contribution in [1.29, 1.82) is 0 Å². The van der Waals surface area contributed by atoms with Crippen LogP contribution in [0.2, 0.25) is 0 Å². The monoisotopic (exact) mass is 651 g/mol. The molecule has 0 radical (unpaired) electrons. The number of rotatable bonds is 5. The molecule has 0 aliphatic heterocycles. The number of fused-ring (bicyclic) bond motifs is 6. The van der Waals surface area contributed by atoms with Gasteiger partial charge in [-0.25, -0.2) is 15.0 Å². The van der Waals surface area contributed by atoms with E-state index in [1.165, 1.54) is 16.7 Å². The summed E-state index contributed by atoms with van der Waals surface area (Å²) >= 11 is 0. The summed E-state index contributed by atoms with van der Waals surface area (Å²) in [5, 5.41) is 1.92. The lowest BCUT2D eigenvalue weighted by Gasteiger charge is -2.14. The standard InChI is InChI=1S/C45H28N4O/c1-3-13-29(14-4-1)32-25-33(27-34(26-32)49-39-20-10-7-17-35(39)36-18-8-11-21-40(36)49)45-47-43(30-15-5-2-6-16-30)46-44(48-45)31-23-24-38-37-19-9-12-22-41(37)50-42(38)28-31/h1-28H/i1D,3D,4D,7D,8D,13D,14D,17D,18D,20D,21D. The molecule has 0 aliphatic rings. The van der Waals surface area contributed by atoms with Crippen LogP contribution in [0.5, 0.6) is 0 Å². The van der Waals surface area contributed by atoms with Gasteiger partial charge in [-0.05, 0) is 59.6 Å². The third-order valence-corrected chi connectivity index (χ3v) is 8.65. The maximum Gasteiger partial charge on any atom is 0.164 e. The minimum atomic E-state index is -0.574. The Bertz CT molecular complexity index is 3410. The van der Waals surface area contributed by atoms with Gasteiger partial charge in [0.1, 0.15) is 11.2 Å². The average Bonchev–Trinajstić information content (AvgIpc) is 3.84. The number of furan rings is 1. The van der Waals surface area contributed by atoms with Gasteiger partial charge >= 0.3 is 0 Å². The molecule has 50 heavy (non-hydrogen) atoms. The van der Waals surface area contributed by atoms with Crippen LogP contribution in [0.25, 0.3) is 94.7 Å². The Morgan fingerprint density at radius 1 is 0.420 bits per heavy atom. The van der Waals surface area contributed by atoms with E-state index in [-0.39, 0.29) is 86.5 Å². The van der Waals surface area contributed by atoms with Crippen molar-refractivity contribution in [2.75, 3.05) is 0 Å². The van der Waals surface area contributed by atoms with Crippen molar-refractivity contribution in [2.45, 2.75) is 0 Å². The van der Waals surface area contributed by atoms with Crippen LogP contribution in [-0.4, -0.2) is 19.5 Å². The number of hydrogen-bond donors (Lipinski definition) is 0. The first kappa shape index (κ1) is 19.2. The van der Waals surface area contributed by atoms with Crippen molar-refractivity contribution >= 4 is 43.7 Å². The molecule has 0 saturated heterocycles. The topological polar surface area (TPSA) is 56.7 Å². The predicted octanol–water partition coefficient (Wildman–Crippen LogP) is 11.5. The Morgan fingerprint density at radius 3 is 1.82 bits per heavy atom. The van der Waals surface area contributed by atoms with Gasteiger partial charge in [0, 0.05) is 43.9 Å². The zero-order valence-corrected chi connectivity index (χ0v) is 26.0. The number of para-hydroxylation sites is 3. The van der Waals surface area contributed by atoms with E-state index in [1.807, 2.05) is 72.8 Å². The van der Waals surface area contributed by atoms with Crippen LogP contribution in [0, 0.1) is 0 Å². The summed E-state index contributed by atoms with van der Waals surface area (Å²) in [5.74, 6) is 0.720. The van der Waals surface area contributed by atoms with E-state index >= 15 is 0 Å². The second-order valence-corrected chi connectivity index (χ2v) is 11.6. The molecule has 0 unspecified atom stereocenters. The molecule has 0 fully saturated rings. The van der Waals surface area contributed by atoms with Gasteiger partial charge in [0.15, 0.2) is 17.5 Å². The maximum absolute atomic E-state index is 9.08. The van der Waals surface area contributed by atoms with Gasteiger partial charge in [-0.15, -0.1) is 0 Å². The Labute approximate surface area is 303 Å². The van der Waals surface area contributed by atoms with Gasteiger partial charge in [0.05, 0.1) is 26.1 Å². The Balaban J connectivity index is 1.31. The van der Waals surface area contributed by atoms with Gasteiger partial charge in [0.25, 0.3) is 0 Å². The lowest BCUT2D eigenvalue weighted by atomic mass is 10.0. The largest absolute Gasteiger partial charge is 0.456 e. The molecule has 10 aromatic rings. The highest BCUT2D eigenvalue weighted by Gasteiger charge is 2.18. The lowest BCUT2D eigenvalue weighted by molar-refractivity contribution is 0.669. The second kappa shape index (κ2) is 11.4. The molecule has 0 atom stereocenters. The SMILES string of the molecule is [2H]c1cc([2H])c2c(c1[2H])c1c([2H])c([2H])cc([2H])c1n2-c1cc(-c2nc(-c3ccccc3)nc(-c3ccc4c(c3)oc3ccccc34)n2)cc(-c2c([2H])c([2H])c([2H])c([2H])c2[2H])c1.